The Morgan fingerprint density at radius 2 is 1.82 bits per heavy atom. The number of carbonyl (C=O) groups excluding carboxylic acids is 1. The summed E-state index contributed by atoms with van der Waals surface area (Å²) in [6.45, 7) is 0. The van der Waals surface area contributed by atoms with Crippen molar-refractivity contribution in [3.05, 3.63) is 65.4 Å². The number of halogens is 4. The van der Waals surface area contributed by atoms with E-state index in [9.17, 15) is 22.4 Å². The molecule has 0 aliphatic heterocycles. The number of nitrogens with zero attached hydrogens (tertiary/aromatic N) is 1. The Bertz CT molecular complexity index is 867. The molecule has 3 nitrogen and oxygen atoms in total. The number of benzene rings is 1. The monoisotopic (exact) mass is 308 g/mol. The number of hydrogen-bond donors (Lipinski definition) is 1. The first kappa shape index (κ1) is 14.2. The fourth-order valence-corrected chi connectivity index (χ4v) is 2.16. The quantitative estimate of drug-likeness (QED) is 0.575. The smallest absolute Gasteiger partial charge is 0.358 e. The van der Waals surface area contributed by atoms with E-state index >= 15 is 0 Å². The number of hydrogen-bond acceptors (Lipinski definition) is 2. The van der Waals surface area contributed by atoms with Crippen LogP contribution >= 0.6 is 0 Å². The molecule has 7 heteroatoms. The maximum Gasteiger partial charge on any atom is 0.433 e. The van der Waals surface area contributed by atoms with Crippen molar-refractivity contribution in [3.8, 4) is 0 Å². The molecule has 0 aliphatic rings. The number of fused-ring (bicyclic) bond motifs is 1. The number of carbonyl (C=O) groups is 1. The lowest BCUT2D eigenvalue weighted by molar-refractivity contribution is -0.141. The fourth-order valence-electron chi connectivity index (χ4n) is 2.16. The van der Waals surface area contributed by atoms with Gasteiger partial charge in [0.1, 0.15) is 17.2 Å². The van der Waals surface area contributed by atoms with Crippen molar-refractivity contribution >= 4 is 16.7 Å². The molecular weight excluding hydrogens is 300 g/mol. The Hall–Kier alpha value is -2.70. The molecule has 0 radical (unpaired) electrons. The van der Waals surface area contributed by atoms with Crippen molar-refractivity contribution < 1.29 is 22.4 Å². The van der Waals surface area contributed by atoms with E-state index in [0.29, 0.717) is 5.39 Å². The van der Waals surface area contributed by atoms with E-state index in [2.05, 4.69) is 9.97 Å². The van der Waals surface area contributed by atoms with Gasteiger partial charge < -0.3 is 4.98 Å². The predicted molar refractivity (Wildman–Crippen MR) is 70.9 cm³/mol. The van der Waals surface area contributed by atoms with Gasteiger partial charge in [-0.05, 0) is 18.2 Å². The molecule has 1 N–H and O–H groups in total. The number of aromatic nitrogens is 2. The molecule has 0 fully saturated rings. The zero-order valence-corrected chi connectivity index (χ0v) is 10.9. The van der Waals surface area contributed by atoms with Crippen molar-refractivity contribution in [1.82, 2.24) is 9.97 Å². The third-order valence-electron chi connectivity index (χ3n) is 3.18. The first-order chi connectivity index (χ1) is 10.4. The number of alkyl halides is 3. The summed E-state index contributed by atoms with van der Waals surface area (Å²) in [5.74, 6) is -1.25. The van der Waals surface area contributed by atoms with Crippen molar-refractivity contribution in [2.45, 2.75) is 6.18 Å². The van der Waals surface area contributed by atoms with E-state index in [1.54, 1.807) is 0 Å². The van der Waals surface area contributed by atoms with Gasteiger partial charge in [0.05, 0.1) is 5.52 Å². The lowest BCUT2D eigenvalue weighted by atomic mass is 10.1. The third-order valence-corrected chi connectivity index (χ3v) is 3.18. The van der Waals surface area contributed by atoms with Crippen molar-refractivity contribution in [2.75, 3.05) is 0 Å². The van der Waals surface area contributed by atoms with Crippen LogP contribution in [0.4, 0.5) is 17.6 Å². The topological polar surface area (TPSA) is 45.8 Å². The zero-order chi connectivity index (χ0) is 15.9. The highest BCUT2D eigenvalue weighted by molar-refractivity contribution is 6.15. The minimum absolute atomic E-state index is 0.0707. The number of ketones is 1. The molecule has 3 aromatic rings. The average Bonchev–Trinajstić information content (AvgIpc) is 2.91. The molecule has 0 unspecified atom stereocenters. The molecule has 112 valence electrons. The summed E-state index contributed by atoms with van der Waals surface area (Å²) in [5.41, 5.74) is -1.30. The maximum atomic E-state index is 13.6. The van der Waals surface area contributed by atoms with Gasteiger partial charge in [-0.25, -0.2) is 9.37 Å². The van der Waals surface area contributed by atoms with Crippen LogP contribution in [0.1, 0.15) is 21.7 Å². The normalized spacial score (nSPS) is 11.8. The molecule has 22 heavy (non-hydrogen) atoms. The lowest BCUT2D eigenvalue weighted by Gasteiger charge is -2.06. The van der Waals surface area contributed by atoms with Crippen LogP contribution in [0.25, 0.3) is 10.9 Å². The number of pyridine rings is 1. The minimum atomic E-state index is -4.64. The van der Waals surface area contributed by atoms with Gasteiger partial charge >= 0.3 is 6.18 Å². The van der Waals surface area contributed by atoms with Gasteiger partial charge in [-0.15, -0.1) is 0 Å². The van der Waals surface area contributed by atoms with Crippen LogP contribution in [0.5, 0.6) is 0 Å². The first-order valence-corrected chi connectivity index (χ1v) is 6.22. The maximum absolute atomic E-state index is 13.6. The molecule has 2 aromatic heterocycles. The van der Waals surface area contributed by atoms with E-state index in [1.165, 1.54) is 30.5 Å². The summed E-state index contributed by atoms with van der Waals surface area (Å²) in [6.07, 6.45) is -3.37. The molecule has 0 bridgehead atoms. The van der Waals surface area contributed by atoms with Gasteiger partial charge in [0.25, 0.3) is 0 Å². The van der Waals surface area contributed by atoms with Gasteiger partial charge in [0.2, 0.25) is 5.78 Å². The predicted octanol–water partition coefficient (Wildman–Crippen LogP) is 3.95. The van der Waals surface area contributed by atoms with E-state index in [-0.39, 0.29) is 16.8 Å². The largest absolute Gasteiger partial charge is 0.433 e. The Kier molecular flexibility index (Phi) is 3.20. The summed E-state index contributed by atoms with van der Waals surface area (Å²) < 4.78 is 51.5. The number of nitrogens with one attached hydrogen (secondary N) is 1. The van der Waals surface area contributed by atoms with E-state index < -0.39 is 23.5 Å². The SMILES string of the molecule is O=C(c1cccc(C(F)(F)F)n1)c1c[nH]c2c(F)cccc12. The van der Waals surface area contributed by atoms with Crippen LogP contribution in [-0.4, -0.2) is 15.8 Å². The molecule has 0 spiro atoms. The second kappa shape index (κ2) is 4.94. The Morgan fingerprint density at radius 3 is 2.55 bits per heavy atom. The summed E-state index contributed by atoms with van der Waals surface area (Å²) in [5, 5.41) is 0.296. The van der Waals surface area contributed by atoms with Gasteiger partial charge in [0.15, 0.2) is 0 Å². The molecular formula is C15H8F4N2O. The van der Waals surface area contributed by atoms with Gasteiger partial charge in [-0.2, -0.15) is 13.2 Å². The van der Waals surface area contributed by atoms with Crippen LogP contribution in [0.2, 0.25) is 0 Å². The van der Waals surface area contributed by atoms with Gasteiger partial charge in [0, 0.05) is 17.1 Å². The average molecular weight is 308 g/mol. The number of para-hydroxylation sites is 1. The molecule has 0 atom stereocenters. The molecule has 0 aliphatic carbocycles. The summed E-state index contributed by atoms with van der Waals surface area (Å²) in [7, 11) is 0. The first-order valence-electron chi connectivity index (χ1n) is 6.22. The summed E-state index contributed by atoms with van der Waals surface area (Å²) in [4.78, 5) is 18.3. The van der Waals surface area contributed by atoms with E-state index in [4.69, 9.17) is 0 Å². The Labute approximate surface area is 121 Å². The van der Waals surface area contributed by atoms with Crippen LogP contribution in [-0.2, 0) is 6.18 Å². The highest BCUT2D eigenvalue weighted by atomic mass is 19.4. The summed E-state index contributed by atoms with van der Waals surface area (Å²) in [6, 6.07) is 7.23. The lowest BCUT2D eigenvalue weighted by Crippen LogP contribution is -2.12. The second-order valence-electron chi connectivity index (χ2n) is 4.60. The molecule has 0 saturated carbocycles. The molecule has 2 heterocycles. The Morgan fingerprint density at radius 1 is 1.09 bits per heavy atom. The van der Waals surface area contributed by atoms with Crippen molar-refractivity contribution in [2.24, 2.45) is 0 Å². The number of rotatable bonds is 2. The molecule has 1 aromatic carbocycles. The highest BCUT2D eigenvalue weighted by Crippen LogP contribution is 2.28. The van der Waals surface area contributed by atoms with Gasteiger partial charge in [-0.3, -0.25) is 4.79 Å². The van der Waals surface area contributed by atoms with Crippen molar-refractivity contribution in [3.63, 3.8) is 0 Å². The van der Waals surface area contributed by atoms with Crippen LogP contribution < -0.4 is 0 Å². The standard InChI is InChI=1S/C15H8F4N2O/c16-10-4-1-3-8-9(7-20-13(8)10)14(22)11-5-2-6-12(21-11)15(17,18)19/h1-7,20H. The van der Waals surface area contributed by atoms with Crippen LogP contribution in [0.3, 0.4) is 0 Å². The van der Waals surface area contributed by atoms with Crippen LogP contribution in [0.15, 0.2) is 42.6 Å². The molecule has 0 amide bonds. The van der Waals surface area contributed by atoms with E-state index in [0.717, 1.165) is 12.1 Å². The van der Waals surface area contributed by atoms with Gasteiger partial charge in [-0.1, -0.05) is 18.2 Å². The summed E-state index contributed by atoms with van der Waals surface area (Å²) >= 11 is 0. The second-order valence-corrected chi connectivity index (χ2v) is 4.60. The van der Waals surface area contributed by atoms with Crippen LogP contribution in [0, 0.1) is 5.82 Å². The third kappa shape index (κ3) is 2.34. The number of H-pyrrole nitrogens is 1. The Balaban J connectivity index is 2.09. The molecule has 0 saturated heterocycles. The molecule has 3 rings (SSSR count). The minimum Gasteiger partial charge on any atom is -0.358 e. The number of aromatic amines is 1. The van der Waals surface area contributed by atoms with E-state index in [1.807, 2.05) is 0 Å². The fraction of sp³-hybridized carbons (Fsp3) is 0.0667. The highest BCUT2D eigenvalue weighted by Gasteiger charge is 2.33. The van der Waals surface area contributed by atoms with Crippen molar-refractivity contribution in [1.29, 1.82) is 0 Å². The zero-order valence-electron chi connectivity index (χ0n) is 10.9.